The third-order valence-corrected chi connectivity index (χ3v) is 8.02. The van der Waals surface area contributed by atoms with Crippen LogP contribution < -0.4 is 0 Å². The molecule has 1 saturated heterocycles. The van der Waals surface area contributed by atoms with Gasteiger partial charge in [-0.1, -0.05) is 89.9 Å². The number of hydrogen-bond donors (Lipinski definition) is 1. The van der Waals surface area contributed by atoms with Crippen molar-refractivity contribution in [2.75, 3.05) is 19.3 Å². The van der Waals surface area contributed by atoms with E-state index in [1.54, 1.807) is 12.1 Å². The van der Waals surface area contributed by atoms with Crippen molar-refractivity contribution in [3.05, 3.63) is 106 Å². The number of rotatable bonds is 6. The quantitative estimate of drug-likeness (QED) is 0.549. The normalized spacial score (nSPS) is 17.3. The number of nitrogens with zero attached hydrogens (tertiary/aromatic N) is 1. The van der Waals surface area contributed by atoms with Gasteiger partial charge in [0.2, 0.25) is 0 Å². The number of halogens is 2. The molecule has 0 bridgehead atoms. The predicted molar refractivity (Wildman–Crippen MR) is 125 cm³/mol. The van der Waals surface area contributed by atoms with Gasteiger partial charge in [-0.25, -0.2) is 8.42 Å². The summed E-state index contributed by atoms with van der Waals surface area (Å²) in [6.07, 6.45) is 1.15. The minimum atomic E-state index is -3.62. The predicted octanol–water partition coefficient (Wildman–Crippen LogP) is 4.92. The summed E-state index contributed by atoms with van der Waals surface area (Å²) in [5, 5.41) is 10.9. The molecule has 1 heterocycles. The van der Waals surface area contributed by atoms with Crippen molar-refractivity contribution in [3.8, 4) is 0 Å². The summed E-state index contributed by atoms with van der Waals surface area (Å²) >= 11 is 12.1. The van der Waals surface area contributed by atoms with E-state index >= 15 is 0 Å². The van der Waals surface area contributed by atoms with E-state index in [1.807, 2.05) is 60.7 Å². The molecule has 1 aliphatic rings. The Morgan fingerprint density at radius 2 is 1.35 bits per heavy atom. The van der Waals surface area contributed by atoms with Crippen molar-refractivity contribution in [1.29, 1.82) is 0 Å². The van der Waals surface area contributed by atoms with Crippen LogP contribution in [0.3, 0.4) is 0 Å². The van der Waals surface area contributed by atoms with Gasteiger partial charge >= 0.3 is 0 Å². The molecule has 0 spiro atoms. The minimum Gasteiger partial charge on any atom is -0.385 e. The molecule has 4 nitrogen and oxygen atoms in total. The number of benzene rings is 3. The molecule has 0 aromatic heterocycles. The minimum absolute atomic E-state index is 0.0864. The van der Waals surface area contributed by atoms with Gasteiger partial charge in [-0.2, -0.15) is 0 Å². The Labute approximate surface area is 193 Å². The Hall–Kier alpha value is -1.89. The van der Waals surface area contributed by atoms with Gasteiger partial charge in [0.25, 0.3) is 0 Å². The Balaban J connectivity index is 1.68. The van der Waals surface area contributed by atoms with Gasteiger partial charge in [-0.15, -0.1) is 0 Å². The first-order valence-corrected chi connectivity index (χ1v) is 12.6. The smallest absolute Gasteiger partial charge is 0.157 e. The standard InChI is InChI=1S/C24H23Cl2NO3S/c1-31(29,30)23(19-12-13-20(25)21(26)14-19)24(28)15-27(16-24)22(17-8-4-2-5-9-17)18-10-6-3-7-11-18/h2-14,22-23,28H,15-16H2,1H3. The molecule has 0 saturated carbocycles. The highest BCUT2D eigenvalue weighted by Gasteiger charge is 2.54. The molecule has 1 atom stereocenters. The molecular weight excluding hydrogens is 453 g/mol. The number of hydrogen-bond acceptors (Lipinski definition) is 4. The number of β-amino-alcohol motifs (C(OH)–C–C–N with tert-alkyl or cyclic N) is 1. The monoisotopic (exact) mass is 475 g/mol. The summed E-state index contributed by atoms with van der Waals surface area (Å²) in [5.41, 5.74) is 1.17. The third-order valence-electron chi connectivity index (χ3n) is 5.71. The second-order valence-electron chi connectivity index (χ2n) is 8.12. The van der Waals surface area contributed by atoms with E-state index in [4.69, 9.17) is 23.2 Å². The van der Waals surface area contributed by atoms with Crippen LogP contribution in [-0.2, 0) is 9.84 Å². The zero-order valence-electron chi connectivity index (χ0n) is 16.9. The van der Waals surface area contributed by atoms with Crippen LogP contribution in [0.5, 0.6) is 0 Å². The maximum atomic E-state index is 12.7. The fourth-order valence-electron chi connectivity index (χ4n) is 4.52. The number of sulfone groups is 1. The fraction of sp³-hybridized carbons (Fsp3) is 0.250. The maximum Gasteiger partial charge on any atom is 0.157 e. The van der Waals surface area contributed by atoms with Gasteiger partial charge < -0.3 is 5.11 Å². The summed E-state index contributed by atoms with van der Waals surface area (Å²) in [4.78, 5) is 2.10. The average molecular weight is 476 g/mol. The summed E-state index contributed by atoms with van der Waals surface area (Å²) in [6.45, 7) is 0.416. The number of likely N-dealkylation sites (tertiary alicyclic amines) is 1. The van der Waals surface area contributed by atoms with Crippen LogP contribution in [0.1, 0.15) is 28.0 Å². The molecule has 1 aliphatic heterocycles. The van der Waals surface area contributed by atoms with Gasteiger partial charge in [0.15, 0.2) is 9.84 Å². The lowest BCUT2D eigenvalue weighted by Gasteiger charge is -2.53. The molecule has 162 valence electrons. The van der Waals surface area contributed by atoms with Crippen molar-refractivity contribution >= 4 is 33.0 Å². The zero-order valence-corrected chi connectivity index (χ0v) is 19.3. The Morgan fingerprint density at radius 3 is 1.81 bits per heavy atom. The molecule has 4 rings (SSSR count). The van der Waals surface area contributed by atoms with E-state index in [-0.39, 0.29) is 24.2 Å². The zero-order chi connectivity index (χ0) is 22.2. The van der Waals surface area contributed by atoms with Crippen molar-refractivity contribution < 1.29 is 13.5 Å². The Bertz CT molecular complexity index is 1120. The van der Waals surface area contributed by atoms with Crippen LogP contribution >= 0.6 is 23.2 Å². The third kappa shape index (κ3) is 4.52. The lowest BCUT2D eigenvalue weighted by molar-refractivity contribution is -0.112. The molecule has 0 radical (unpaired) electrons. The molecule has 1 N–H and O–H groups in total. The van der Waals surface area contributed by atoms with Crippen LogP contribution in [0.25, 0.3) is 0 Å². The summed E-state index contributed by atoms with van der Waals surface area (Å²) in [6, 6.07) is 24.6. The summed E-state index contributed by atoms with van der Waals surface area (Å²) in [7, 11) is -3.62. The second-order valence-corrected chi connectivity index (χ2v) is 11.1. The largest absolute Gasteiger partial charge is 0.385 e. The van der Waals surface area contributed by atoms with Gasteiger partial charge in [-0.05, 0) is 28.8 Å². The highest BCUT2D eigenvalue weighted by atomic mass is 35.5. The van der Waals surface area contributed by atoms with Gasteiger partial charge in [-0.3, -0.25) is 4.90 Å². The van der Waals surface area contributed by atoms with Crippen molar-refractivity contribution in [2.24, 2.45) is 0 Å². The first-order chi connectivity index (χ1) is 14.7. The molecule has 7 heteroatoms. The van der Waals surface area contributed by atoms with Crippen LogP contribution in [0.2, 0.25) is 10.0 Å². The molecule has 1 unspecified atom stereocenters. The van der Waals surface area contributed by atoms with E-state index in [2.05, 4.69) is 4.90 Å². The summed E-state index contributed by atoms with van der Waals surface area (Å²) in [5.74, 6) is 0. The SMILES string of the molecule is CS(=O)(=O)C(c1ccc(Cl)c(Cl)c1)C1(O)CN(C(c2ccccc2)c2ccccc2)C1. The van der Waals surface area contributed by atoms with E-state index in [0.717, 1.165) is 17.4 Å². The van der Waals surface area contributed by atoms with Crippen LogP contribution in [-0.4, -0.2) is 43.4 Å². The van der Waals surface area contributed by atoms with Crippen molar-refractivity contribution in [3.63, 3.8) is 0 Å². The van der Waals surface area contributed by atoms with E-state index in [0.29, 0.717) is 10.6 Å². The van der Waals surface area contributed by atoms with Crippen LogP contribution in [0.4, 0.5) is 0 Å². The lowest BCUT2D eigenvalue weighted by Crippen LogP contribution is -2.66. The molecule has 31 heavy (non-hydrogen) atoms. The van der Waals surface area contributed by atoms with Gasteiger partial charge in [0.1, 0.15) is 10.9 Å². The lowest BCUT2D eigenvalue weighted by atomic mass is 9.83. The van der Waals surface area contributed by atoms with Crippen LogP contribution in [0, 0.1) is 0 Å². The molecular formula is C24H23Cl2NO3S. The molecule has 0 amide bonds. The summed E-state index contributed by atoms with van der Waals surface area (Å²) < 4.78 is 25.5. The van der Waals surface area contributed by atoms with E-state index < -0.39 is 20.7 Å². The van der Waals surface area contributed by atoms with E-state index in [9.17, 15) is 13.5 Å². The van der Waals surface area contributed by atoms with E-state index in [1.165, 1.54) is 6.07 Å². The highest BCUT2D eigenvalue weighted by molar-refractivity contribution is 7.91. The Kier molecular flexibility index (Phi) is 6.16. The topological polar surface area (TPSA) is 57.6 Å². The first kappa shape index (κ1) is 22.3. The maximum absolute atomic E-state index is 12.7. The molecule has 1 fully saturated rings. The highest BCUT2D eigenvalue weighted by Crippen LogP contribution is 2.45. The fourth-order valence-corrected chi connectivity index (χ4v) is 6.42. The van der Waals surface area contributed by atoms with Gasteiger partial charge in [0, 0.05) is 19.3 Å². The molecule has 0 aliphatic carbocycles. The second kappa shape index (κ2) is 8.57. The average Bonchev–Trinajstić information content (AvgIpc) is 2.70. The first-order valence-electron chi connectivity index (χ1n) is 9.89. The Morgan fingerprint density at radius 1 is 0.839 bits per heavy atom. The van der Waals surface area contributed by atoms with Gasteiger partial charge in [0.05, 0.1) is 16.1 Å². The molecule has 3 aromatic rings. The number of aliphatic hydroxyl groups is 1. The van der Waals surface area contributed by atoms with Crippen LogP contribution in [0.15, 0.2) is 78.9 Å². The molecule has 3 aromatic carbocycles. The van der Waals surface area contributed by atoms with Crippen molar-refractivity contribution in [1.82, 2.24) is 4.90 Å². The van der Waals surface area contributed by atoms with Crippen molar-refractivity contribution in [2.45, 2.75) is 16.9 Å².